The molecule has 4 nitrogen and oxygen atoms in total. The lowest BCUT2D eigenvalue weighted by Crippen LogP contribution is -2.01. The lowest BCUT2D eigenvalue weighted by Gasteiger charge is -2.11. The molecule has 0 amide bonds. The minimum Gasteiger partial charge on any atom is -0.493 e. The Bertz CT molecular complexity index is 337. The minimum absolute atomic E-state index is 0.604. The summed E-state index contributed by atoms with van der Waals surface area (Å²) >= 11 is 0. The van der Waals surface area contributed by atoms with Crippen molar-refractivity contribution in [2.75, 3.05) is 13.7 Å². The lowest BCUT2D eigenvalue weighted by molar-refractivity contribution is 0.293. The van der Waals surface area contributed by atoms with Crippen LogP contribution in [0.2, 0.25) is 0 Å². The van der Waals surface area contributed by atoms with Crippen LogP contribution in [0.15, 0.2) is 23.4 Å². The van der Waals surface area contributed by atoms with Gasteiger partial charge in [-0.2, -0.15) is 0 Å². The number of rotatable bonds is 5. The zero-order valence-electron chi connectivity index (χ0n) is 8.93. The number of ether oxygens (including phenoxy) is 2. The van der Waals surface area contributed by atoms with Crippen molar-refractivity contribution in [3.05, 3.63) is 23.8 Å². The second-order valence-corrected chi connectivity index (χ2v) is 2.97. The maximum Gasteiger partial charge on any atom is 0.170 e. The van der Waals surface area contributed by atoms with Gasteiger partial charge in [0, 0.05) is 5.56 Å². The Morgan fingerprint density at radius 1 is 1.47 bits per heavy atom. The van der Waals surface area contributed by atoms with E-state index in [1.807, 2.05) is 13.0 Å². The molecule has 0 saturated carbocycles. The van der Waals surface area contributed by atoms with Gasteiger partial charge < -0.3 is 14.7 Å². The third-order valence-corrected chi connectivity index (χ3v) is 1.88. The molecule has 0 atom stereocenters. The highest BCUT2D eigenvalue weighted by atomic mass is 16.5. The molecule has 82 valence electrons. The Hall–Kier alpha value is -1.71. The van der Waals surface area contributed by atoms with E-state index in [4.69, 9.17) is 14.7 Å². The van der Waals surface area contributed by atoms with Crippen molar-refractivity contribution in [1.29, 1.82) is 0 Å². The van der Waals surface area contributed by atoms with Gasteiger partial charge in [-0.1, -0.05) is 18.1 Å². The van der Waals surface area contributed by atoms with Gasteiger partial charge in [0.15, 0.2) is 11.5 Å². The minimum atomic E-state index is 0.604. The molecule has 15 heavy (non-hydrogen) atoms. The predicted molar refractivity (Wildman–Crippen MR) is 58.2 cm³/mol. The summed E-state index contributed by atoms with van der Waals surface area (Å²) in [7, 11) is 1.58. The number of benzene rings is 1. The van der Waals surface area contributed by atoms with Crippen molar-refractivity contribution in [3.63, 3.8) is 0 Å². The van der Waals surface area contributed by atoms with Crippen molar-refractivity contribution < 1.29 is 14.7 Å². The summed E-state index contributed by atoms with van der Waals surface area (Å²) < 4.78 is 10.7. The molecule has 1 aromatic carbocycles. The van der Waals surface area contributed by atoms with Crippen molar-refractivity contribution >= 4 is 6.21 Å². The predicted octanol–water partition coefficient (Wildman–Crippen LogP) is 2.29. The van der Waals surface area contributed by atoms with E-state index in [-0.39, 0.29) is 0 Å². The quantitative estimate of drug-likeness (QED) is 0.460. The Kier molecular flexibility index (Phi) is 4.47. The number of hydrogen-bond acceptors (Lipinski definition) is 4. The van der Waals surface area contributed by atoms with Gasteiger partial charge in [0.05, 0.1) is 19.9 Å². The van der Waals surface area contributed by atoms with Gasteiger partial charge in [0.2, 0.25) is 0 Å². The fraction of sp³-hybridized carbons (Fsp3) is 0.364. The zero-order chi connectivity index (χ0) is 11.1. The molecule has 0 aliphatic carbocycles. The molecule has 0 aromatic heterocycles. The van der Waals surface area contributed by atoms with Crippen molar-refractivity contribution in [2.24, 2.45) is 5.16 Å². The highest BCUT2D eigenvalue weighted by Gasteiger charge is 2.08. The number of hydrogen-bond donors (Lipinski definition) is 1. The number of oxime groups is 1. The van der Waals surface area contributed by atoms with Crippen LogP contribution >= 0.6 is 0 Å². The first-order chi connectivity index (χ1) is 7.33. The maximum absolute atomic E-state index is 8.51. The molecule has 0 heterocycles. The number of nitrogens with zero attached hydrogens (tertiary/aromatic N) is 1. The van der Waals surface area contributed by atoms with Crippen LogP contribution in [0.4, 0.5) is 0 Å². The molecule has 0 aliphatic rings. The fourth-order valence-corrected chi connectivity index (χ4v) is 1.22. The first kappa shape index (κ1) is 11.4. The molecule has 0 unspecified atom stereocenters. The first-order valence-electron chi connectivity index (χ1n) is 4.80. The van der Waals surface area contributed by atoms with Gasteiger partial charge in [-0.15, -0.1) is 0 Å². The summed E-state index contributed by atoms with van der Waals surface area (Å²) in [5.41, 5.74) is 0.699. The lowest BCUT2D eigenvalue weighted by atomic mass is 10.2. The first-order valence-corrected chi connectivity index (χ1v) is 4.80. The van der Waals surface area contributed by atoms with E-state index < -0.39 is 0 Å². The molecule has 1 rings (SSSR count). The zero-order valence-corrected chi connectivity index (χ0v) is 8.93. The van der Waals surface area contributed by atoms with Gasteiger partial charge in [-0.05, 0) is 18.6 Å². The van der Waals surface area contributed by atoms with Crippen LogP contribution in [-0.2, 0) is 0 Å². The Balaban J connectivity index is 3.02. The van der Waals surface area contributed by atoms with Gasteiger partial charge in [-0.3, -0.25) is 0 Å². The molecular weight excluding hydrogens is 194 g/mol. The molecule has 4 heteroatoms. The van der Waals surface area contributed by atoms with E-state index in [1.54, 1.807) is 19.2 Å². The monoisotopic (exact) mass is 209 g/mol. The van der Waals surface area contributed by atoms with E-state index in [1.165, 1.54) is 6.21 Å². The van der Waals surface area contributed by atoms with E-state index in [0.29, 0.717) is 23.7 Å². The standard InChI is InChI=1S/C11H15NO3/c1-3-7-15-11-9(8-12-13)5-4-6-10(11)14-2/h4-6,8,13H,3,7H2,1-2H3. The molecule has 1 aromatic rings. The molecule has 0 spiro atoms. The van der Waals surface area contributed by atoms with Crippen LogP contribution in [0.1, 0.15) is 18.9 Å². The van der Waals surface area contributed by atoms with Crippen LogP contribution in [0.25, 0.3) is 0 Å². The SMILES string of the molecule is CCCOc1c(C=NO)cccc1OC. The molecule has 0 radical (unpaired) electrons. The summed E-state index contributed by atoms with van der Waals surface area (Å²) in [5.74, 6) is 1.25. The van der Waals surface area contributed by atoms with Crippen molar-refractivity contribution in [2.45, 2.75) is 13.3 Å². The maximum atomic E-state index is 8.51. The van der Waals surface area contributed by atoms with Crippen LogP contribution in [0.3, 0.4) is 0 Å². The molecule has 0 bridgehead atoms. The van der Waals surface area contributed by atoms with Crippen LogP contribution in [0, 0.1) is 0 Å². The third-order valence-electron chi connectivity index (χ3n) is 1.88. The van der Waals surface area contributed by atoms with E-state index in [9.17, 15) is 0 Å². The average molecular weight is 209 g/mol. The van der Waals surface area contributed by atoms with Gasteiger partial charge in [0.1, 0.15) is 0 Å². The normalized spacial score (nSPS) is 10.5. The van der Waals surface area contributed by atoms with Gasteiger partial charge >= 0.3 is 0 Å². The molecule has 0 aliphatic heterocycles. The topological polar surface area (TPSA) is 51.0 Å². The van der Waals surface area contributed by atoms with E-state index in [0.717, 1.165) is 6.42 Å². The van der Waals surface area contributed by atoms with Crippen LogP contribution in [0.5, 0.6) is 11.5 Å². The summed E-state index contributed by atoms with van der Waals surface area (Å²) in [4.78, 5) is 0. The van der Waals surface area contributed by atoms with E-state index >= 15 is 0 Å². The van der Waals surface area contributed by atoms with Gasteiger partial charge in [-0.25, -0.2) is 0 Å². The van der Waals surface area contributed by atoms with Crippen LogP contribution < -0.4 is 9.47 Å². The number of para-hydroxylation sites is 1. The Labute approximate surface area is 89.1 Å². The largest absolute Gasteiger partial charge is 0.493 e. The number of methoxy groups -OCH3 is 1. The molecular formula is C11H15NO3. The summed E-state index contributed by atoms with van der Waals surface area (Å²) in [6, 6.07) is 5.42. The van der Waals surface area contributed by atoms with Crippen molar-refractivity contribution in [1.82, 2.24) is 0 Å². The van der Waals surface area contributed by atoms with Crippen LogP contribution in [-0.4, -0.2) is 25.1 Å². The molecule has 0 saturated heterocycles. The van der Waals surface area contributed by atoms with Gasteiger partial charge in [0.25, 0.3) is 0 Å². The molecule has 1 N–H and O–H groups in total. The third kappa shape index (κ3) is 2.87. The average Bonchev–Trinajstić information content (AvgIpc) is 2.27. The fourth-order valence-electron chi connectivity index (χ4n) is 1.22. The smallest absolute Gasteiger partial charge is 0.170 e. The highest BCUT2D eigenvalue weighted by Crippen LogP contribution is 2.30. The Morgan fingerprint density at radius 2 is 2.27 bits per heavy atom. The van der Waals surface area contributed by atoms with Crippen molar-refractivity contribution in [3.8, 4) is 11.5 Å². The highest BCUT2D eigenvalue weighted by molar-refractivity contribution is 5.84. The molecule has 0 fully saturated rings. The summed E-state index contributed by atoms with van der Waals surface area (Å²) in [6.45, 7) is 2.63. The Morgan fingerprint density at radius 3 is 2.87 bits per heavy atom. The second-order valence-electron chi connectivity index (χ2n) is 2.97. The summed E-state index contributed by atoms with van der Waals surface area (Å²) in [6.07, 6.45) is 2.24. The second kappa shape index (κ2) is 5.90. The van der Waals surface area contributed by atoms with E-state index in [2.05, 4.69) is 5.16 Å². The summed E-state index contributed by atoms with van der Waals surface area (Å²) in [5, 5.41) is 11.5.